The van der Waals surface area contributed by atoms with E-state index in [4.69, 9.17) is 11.6 Å². The van der Waals surface area contributed by atoms with Crippen LogP contribution in [0.2, 0.25) is 5.15 Å². The van der Waals surface area contributed by atoms with Gasteiger partial charge in [-0.05, 0) is 24.3 Å². The first-order chi connectivity index (χ1) is 9.10. The molecule has 0 bridgehead atoms. The Morgan fingerprint density at radius 2 is 1.84 bits per heavy atom. The summed E-state index contributed by atoms with van der Waals surface area (Å²) in [5.74, 6) is 0. The normalized spacial score (nSPS) is 11.8. The molecule has 0 atom stereocenters. The Kier molecular flexibility index (Phi) is 2.76. The SMILES string of the molecule is O=S(=O)(c1cccc2nccnc12)n1cccc1Cl. The third kappa shape index (κ3) is 1.89. The van der Waals surface area contributed by atoms with Crippen LogP contribution in [0.15, 0.2) is 53.8 Å². The Bertz CT molecular complexity index is 853. The molecule has 0 saturated heterocycles. The molecule has 0 spiro atoms. The van der Waals surface area contributed by atoms with Crippen LogP contribution in [0.25, 0.3) is 11.0 Å². The first-order valence-electron chi connectivity index (χ1n) is 5.39. The quantitative estimate of drug-likeness (QED) is 0.727. The van der Waals surface area contributed by atoms with Gasteiger partial charge in [0.15, 0.2) is 0 Å². The minimum absolute atomic E-state index is 0.0798. The Morgan fingerprint density at radius 3 is 2.58 bits per heavy atom. The Balaban J connectivity index is 2.34. The number of benzene rings is 1. The molecule has 0 fully saturated rings. The topological polar surface area (TPSA) is 64.8 Å². The van der Waals surface area contributed by atoms with Crippen LogP contribution in [0.5, 0.6) is 0 Å². The van der Waals surface area contributed by atoms with Gasteiger partial charge in [0.2, 0.25) is 0 Å². The van der Waals surface area contributed by atoms with Crippen molar-refractivity contribution in [2.45, 2.75) is 4.90 Å². The van der Waals surface area contributed by atoms with Gasteiger partial charge in [-0.15, -0.1) is 0 Å². The van der Waals surface area contributed by atoms with Crippen LogP contribution < -0.4 is 0 Å². The van der Waals surface area contributed by atoms with Gasteiger partial charge in [0, 0.05) is 18.6 Å². The maximum absolute atomic E-state index is 12.5. The van der Waals surface area contributed by atoms with E-state index in [1.165, 1.54) is 30.7 Å². The number of rotatable bonds is 2. The van der Waals surface area contributed by atoms with Crippen LogP contribution in [-0.4, -0.2) is 22.4 Å². The first kappa shape index (κ1) is 12.1. The van der Waals surface area contributed by atoms with Crippen molar-refractivity contribution in [3.8, 4) is 0 Å². The predicted octanol–water partition coefficient (Wildman–Crippen LogP) is 2.32. The standard InChI is InChI=1S/C12H8ClN3O2S/c13-11-5-2-8-16(11)19(17,18)10-4-1-3-9-12(10)15-7-6-14-9/h1-8H. The van der Waals surface area contributed by atoms with Gasteiger partial charge in [0.25, 0.3) is 10.0 Å². The third-order valence-corrected chi connectivity index (χ3v) is 4.79. The number of halogens is 1. The fraction of sp³-hybridized carbons (Fsp3) is 0. The lowest BCUT2D eigenvalue weighted by molar-refractivity contribution is 0.588. The fourth-order valence-electron chi connectivity index (χ4n) is 1.82. The van der Waals surface area contributed by atoms with Gasteiger partial charge in [-0.1, -0.05) is 17.7 Å². The number of hydrogen-bond donors (Lipinski definition) is 0. The number of para-hydroxylation sites is 1. The van der Waals surface area contributed by atoms with Gasteiger partial charge in [0.1, 0.15) is 15.6 Å². The third-order valence-electron chi connectivity index (χ3n) is 2.66. The molecule has 0 radical (unpaired) electrons. The smallest absolute Gasteiger partial charge is 0.253 e. The molecule has 19 heavy (non-hydrogen) atoms. The van der Waals surface area contributed by atoms with E-state index in [0.29, 0.717) is 11.0 Å². The molecule has 2 aromatic heterocycles. The molecule has 0 aliphatic rings. The summed E-state index contributed by atoms with van der Waals surface area (Å²) in [5.41, 5.74) is 0.849. The molecule has 96 valence electrons. The van der Waals surface area contributed by atoms with Crippen molar-refractivity contribution in [1.82, 2.24) is 13.9 Å². The maximum Gasteiger partial charge on any atom is 0.271 e. The summed E-state index contributed by atoms with van der Waals surface area (Å²) in [6.07, 6.45) is 4.37. The molecule has 0 N–H and O–H groups in total. The van der Waals surface area contributed by atoms with E-state index in [-0.39, 0.29) is 10.0 Å². The van der Waals surface area contributed by atoms with Crippen LogP contribution in [0, 0.1) is 0 Å². The van der Waals surface area contributed by atoms with Crippen LogP contribution >= 0.6 is 11.6 Å². The molecule has 5 nitrogen and oxygen atoms in total. The van der Waals surface area contributed by atoms with Crippen molar-refractivity contribution in [3.63, 3.8) is 0 Å². The van der Waals surface area contributed by atoms with Crippen molar-refractivity contribution in [2.24, 2.45) is 0 Å². The lowest BCUT2D eigenvalue weighted by Crippen LogP contribution is -2.12. The van der Waals surface area contributed by atoms with Crippen molar-refractivity contribution in [1.29, 1.82) is 0 Å². The number of fused-ring (bicyclic) bond motifs is 1. The van der Waals surface area contributed by atoms with E-state index in [9.17, 15) is 8.42 Å². The molecule has 1 aromatic carbocycles. The van der Waals surface area contributed by atoms with Crippen LogP contribution in [0.4, 0.5) is 0 Å². The van der Waals surface area contributed by atoms with Crippen LogP contribution in [0.3, 0.4) is 0 Å². The second kappa shape index (κ2) is 4.32. The van der Waals surface area contributed by atoms with E-state index in [1.807, 2.05) is 0 Å². The van der Waals surface area contributed by atoms with E-state index < -0.39 is 10.0 Å². The average molecular weight is 294 g/mol. The summed E-state index contributed by atoms with van der Waals surface area (Å²) in [5, 5.41) is 0.126. The highest BCUT2D eigenvalue weighted by Gasteiger charge is 2.22. The van der Waals surface area contributed by atoms with Gasteiger partial charge in [-0.25, -0.2) is 12.4 Å². The maximum atomic E-state index is 12.5. The highest BCUT2D eigenvalue weighted by Crippen LogP contribution is 2.24. The van der Waals surface area contributed by atoms with E-state index in [0.717, 1.165) is 3.97 Å². The molecule has 0 aliphatic heterocycles. The number of hydrogen-bond acceptors (Lipinski definition) is 4. The van der Waals surface area contributed by atoms with E-state index in [1.54, 1.807) is 18.2 Å². The first-order valence-corrected chi connectivity index (χ1v) is 7.21. The predicted molar refractivity (Wildman–Crippen MR) is 71.6 cm³/mol. The van der Waals surface area contributed by atoms with Crippen molar-refractivity contribution < 1.29 is 8.42 Å². The summed E-state index contributed by atoms with van der Waals surface area (Å²) in [4.78, 5) is 8.26. The molecule has 2 heterocycles. The Labute approximate surface area is 114 Å². The summed E-state index contributed by atoms with van der Waals surface area (Å²) in [7, 11) is -3.77. The van der Waals surface area contributed by atoms with Crippen LogP contribution in [0.1, 0.15) is 0 Å². The summed E-state index contributed by atoms with van der Waals surface area (Å²) in [6, 6.07) is 7.90. The summed E-state index contributed by atoms with van der Waals surface area (Å²) in [6.45, 7) is 0. The largest absolute Gasteiger partial charge is 0.271 e. The minimum atomic E-state index is -3.77. The average Bonchev–Trinajstić information content (AvgIpc) is 2.85. The summed E-state index contributed by atoms with van der Waals surface area (Å²) < 4.78 is 26.1. The van der Waals surface area contributed by atoms with Crippen LogP contribution in [-0.2, 0) is 10.0 Å². The number of nitrogens with zero attached hydrogens (tertiary/aromatic N) is 3. The minimum Gasteiger partial charge on any atom is -0.253 e. The zero-order valence-corrected chi connectivity index (χ0v) is 11.1. The number of aromatic nitrogens is 3. The second-order valence-electron chi connectivity index (χ2n) is 3.81. The highest BCUT2D eigenvalue weighted by atomic mass is 35.5. The molecular weight excluding hydrogens is 286 g/mol. The van der Waals surface area contributed by atoms with E-state index in [2.05, 4.69) is 9.97 Å². The fourth-order valence-corrected chi connectivity index (χ4v) is 3.61. The summed E-state index contributed by atoms with van der Waals surface area (Å²) >= 11 is 5.87. The molecule has 3 rings (SSSR count). The molecular formula is C12H8ClN3O2S. The highest BCUT2D eigenvalue weighted by molar-refractivity contribution is 7.90. The molecule has 3 aromatic rings. The molecule has 0 unspecified atom stereocenters. The van der Waals surface area contributed by atoms with Crippen molar-refractivity contribution in [2.75, 3.05) is 0 Å². The Morgan fingerprint density at radius 1 is 1.05 bits per heavy atom. The van der Waals surface area contributed by atoms with Crippen molar-refractivity contribution >= 4 is 32.7 Å². The molecule has 7 heteroatoms. The molecule has 0 aliphatic carbocycles. The Hall–Kier alpha value is -1.92. The van der Waals surface area contributed by atoms with Gasteiger partial charge >= 0.3 is 0 Å². The van der Waals surface area contributed by atoms with Gasteiger partial charge in [0.05, 0.1) is 5.52 Å². The zero-order chi connectivity index (χ0) is 13.5. The lowest BCUT2D eigenvalue weighted by Gasteiger charge is -2.08. The molecule has 0 amide bonds. The zero-order valence-electron chi connectivity index (χ0n) is 9.56. The van der Waals surface area contributed by atoms with Crippen molar-refractivity contribution in [3.05, 3.63) is 54.1 Å². The van der Waals surface area contributed by atoms with Gasteiger partial charge in [-0.3, -0.25) is 9.97 Å². The molecule has 0 saturated carbocycles. The van der Waals surface area contributed by atoms with Gasteiger partial charge in [-0.2, -0.15) is 0 Å². The van der Waals surface area contributed by atoms with E-state index >= 15 is 0 Å². The van der Waals surface area contributed by atoms with Gasteiger partial charge < -0.3 is 0 Å². The monoisotopic (exact) mass is 293 g/mol. The second-order valence-corrected chi connectivity index (χ2v) is 5.98. The lowest BCUT2D eigenvalue weighted by atomic mass is 10.3.